The molecule has 0 bridgehead atoms. The lowest BCUT2D eigenvalue weighted by Crippen LogP contribution is -2.39. The van der Waals surface area contributed by atoms with E-state index in [2.05, 4.69) is 37.9 Å². The molecule has 1 fully saturated rings. The van der Waals surface area contributed by atoms with Crippen LogP contribution in [0.15, 0.2) is 59.2 Å². The third-order valence-corrected chi connectivity index (χ3v) is 7.43. The molecule has 1 saturated heterocycles. The van der Waals surface area contributed by atoms with Gasteiger partial charge in [-0.2, -0.15) is 0 Å². The molecule has 0 radical (unpaired) electrons. The van der Waals surface area contributed by atoms with E-state index < -0.39 is 0 Å². The molecule has 0 atom stereocenters. The number of rotatable bonds is 6. The Kier molecular flexibility index (Phi) is 7.96. The number of benzene rings is 2. The van der Waals surface area contributed by atoms with Gasteiger partial charge < -0.3 is 9.64 Å². The van der Waals surface area contributed by atoms with Crippen molar-refractivity contribution in [1.29, 1.82) is 0 Å². The van der Waals surface area contributed by atoms with E-state index in [1.54, 1.807) is 18.1 Å². The van der Waals surface area contributed by atoms with Crippen LogP contribution in [0, 0.1) is 5.92 Å². The number of amides is 2. The number of anilines is 1. The molecule has 2 heterocycles. The van der Waals surface area contributed by atoms with E-state index >= 15 is 0 Å². The first-order valence-electron chi connectivity index (χ1n) is 12.1. The van der Waals surface area contributed by atoms with Gasteiger partial charge in [0.15, 0.2) is 5.17 Å². The van der Waals surface area contributed by atoms with Gasteiger partial charge in [0.2, 0.25) is 5.91 Å². The summed E-state index contributed by atoms with van der Waals surface area (Å²) in [7, 11) is 1.60. The van der Waals surface area contributed by atoms with Gasteiger partial charge in [-0.3, -0.25) is 14.5 Å². The number of ether oxygens (including phenoxy) is 1. The molecule has 2 aliphatic rings. The van der Waals surface area contributed by atoms with Crippen LogP contribution < -0.4 is 9.64 Å². The van der Waals surface area contributed by atoms with Crippen LogP contribution in [-0.2, 0) is 9.59 Å². The van der Waals surface area contributed by atoms with Crippen LogP contribution in [-0.4, -0.2) is 47.8 Å². The summed E-state index contributed by atoms with van der Waals surface area (Å²) in [6.45, 7) is 8.12. The van der Waals surface area contributed by atoms with Gasteiger partial charge in [0.05, 0.1) is 18.6 Å². The number of hydrogen-bond donors (Lipinski definition) is 0. The lowest BCUT2D eigenvalue weighted by atomic mass is 9.99. The first-order chi connectivity index (χ1) is 16.9. The minimum Gasteiger partial charge on any atom is -0.497 e. The van der Waals surface area contributed by atoms with Gasteiger partial charge >= 0.3 is 0 Å². The quantitative estimate of drug-likeness (QED) is 0.497. The van der Waals surface area contributed by atoms with Crippen molar-refractivity contribution in [3.8, 4) is 5.75 Å². The Balaban J connectivity index is 1.58. The number of nitrogens with zero attached hydrogens (tertiary/aromatic N) is 3. The van der Waals surface area contributed by atoms with Gasteiger partial charge in [-0.1, -0.05) is 62.9 Å². The molecular formula is C28H33N3O3S. The molecule has 35 heavy (non-hydrogen) atoms. The molecule has 7 heteroatoms. The Morgan fingerprint density at radius 3 is 2.54 bits per heavy atom. The zero-order valence-electron chi connectivity index (χ0n) is 20.9. The Hall–Kier alpha value is -3.06. The van der Waals surface area contributed by atoms with Gasteiger partial charge in [-0.05, 0) is 54.0 Å². The fourth-order valence-electron chi connectivity index (χ4n) is 4.18. The van der Waals surface area contributed by atoms with Crippen molar-refractivity contribution in [2.24, 2.45) is 10.9 Å². The molecular weight excluding hydrogens is 458 g/mol. The molecule has 0 saturated carbocycles. The summed E-state index contributed by atoms with van der Waals surface area (Å²) >= 11 is 1.31. The van der Waals surface area contributed by atoms with E-state index in [-0.39, 0.29) is 17.6 Å². The molecule has 0 unspecified atom stereocenters. The van der Waals surface area contributed by atoms with E-state index in [9.17, 15) is 9.59 Å². The smallest absolute Gasteiger partial charge is 0.283 e. The van der Waals surface area contributed by atoms with Gasteiger partial charge in [-0.25, -0.2) is 4.99 Å². The second-order valence-corrected chi connectivity index (χ2v) is 10.4. The highest BCUT2D eigenvalue weighted by Crippen LogP contribution is 2.32. The van der Waals surface area contributed by atoms with Crippen molar-refractivity contribution < 1.29 is 14.3 Å². The van der Waals surface area contributed by atoms with Crippen molar-refractivity contribution in [3.63, 3.8) is 0 Å². The number of piperidine rings is 1. The second kappa shape index (κ2) is 11.1. The lowest BCUT2D eigenvalue weighted by Gasteiger charge is -2.30. The lowest BCUT2D eigenvalue weighted by molar-refractivity contribution is -0.129. The van der Waals surface area contributed by atoms with Crippen molar-refractivity contribution >= 4 is 40.5 Å². The second-order valence-electron chi connectivity index (χ2n) is 9.44. The molecule has 0 spiro atoms. The van der Waals surface area contributed by atoms with Gasteiger partial charge in [-0.15, -0.1) is 0 Å². The fourth-order valence-corrected chi connectivity index (χ4v) is 5.10. The van der Waals surface area contributed by atoms with Gasteiger partial charge in [0, 0.05) is 19.2 Å². The van der Waals surface area contributed by atoms with Gasteiger partial charge in [0.25, 0.3) is 5.91 Å². The molecule has 6 nitrogen and oxygen atoms in total. The number of carbonyl (C=O) groups excluding carboxylic acids is 2. The number of amidine groups is 1. The largest absolute Gasteiger partial charge is 0.497 e. The third kappa shape index (κ3) is 5.96. The molecule has 2 aromatic rings. The molecule has 2 amide bonds. The molecule has 2 aliphatic heterocycles. The van der Waals surface area contributed by atoms with Crippen molar-refractivity contribution in [1.82, 2.24) is 4.90 Å². The van der Waals surface area contributed by atoms with Crippen LogP contribution in [0.4, 0.5) is 5.69 Å². The number of thioether (sulfide) groups is 1. The van der Waals surface area contributed by atoms with Crippen LogP contribution in [0.1, 0.15) is 50.7 Å². The maximum absolute atomic E-state index is 13.5. The summed E-state index contributed by atoms with van der Waals surface area (Å²) in [4.78, 5) is 34.5. The highest BCUT2D eigenvalue weighted by molar-refractivity contribution is 8.14. The highest BCUT2D eigenvalue weighted by Gasteiger charge is 2.33. The SMILES string of the molecule is COc1cccc(N2C(=O)/C(=C\c3ccc(C(C)C)cc3)N=C2SCC(=O)N2CCC(C)CC2)c1. The zero-order chi connectivity index (χ0) is 24.9. The first-order valence-corrected chi connectivity index (χ1v) is 13.1. The van der Waals surface area contributed by atoms with E-state index in [1.807, 2.05) is 41.3 Å². The van der Waals surface area contributed by atoms with E-state index in [0.29, 0.717) is 34.1 Å². The zero-order valence-corrected chi connectivity index (χ0v) is 21.7. The Morgan fingerprint density at radius 2 is 1.89 bits per heavy atom. The van der Waals surface area contributed by atoms with Crippen LogP contribution in [0.2, 0.25) is 0 Å². The molecule has 0 aromatic heterocycles. The molecule has 184 valence electrons. The maximum atomic E-state index is 13.5. The minimum absolute atomic E-state index is 0.0874. The predicted octanol–water partition coefficient (Wildman–Crippen LogP) is 5.55. The molecule has 0 N–H and O–H groups in total. The van der Waals surface area contributed by atoms with Crippen LogP contribution >= 0.6 is 11.8 Å². The third-order valence-electron chi connectivity index (χ3n) is 6.51. The predicted molar refractivity (Wildman–Crippen MR) is 144 cm³/mol. The number of hydrogen-bond acceptors (Lipinski definition) is 5. The summed E-state index contributed by atoms with van der Waals surface area (Å²) in [5, 5.41) is 0.507. The number of aliphatic imine (C=N–C) groups is 1. The summed E-state index contributed by atoms with van der Waals surface area (Å²) in [6.07, 6.45) is 3.88. The fraction of sp³-hybridized carbons (Fsp3) is 0.393. The minimum atomic E-state index is -0.215. The topological polar surface area (TPSA) is 62.2 Å². The normalized spacial score (nSPS) is 17.9. The summed E-state index contributed by atoms with van der Waals surface area (Å²) in [5.41, 5.74) is 3.18. The molecule has 2 aromatic carbocycles. The number of likely N-dealkylation sites (tertiary alicyclic amines) is 1. The van der Waals surface area contributed by atoms with E-state index in [4.69, 9.17) is 4.74 Å². The Labute approximate surface area is 212 Å². The first kappa shape index (κ1) is 25.0. The maximum Gasteiger partial charge on any atom is 0.283 e. The van der Waals surface area contributed by atoms with E-state index in [1.165, 1.54) is 17.3 Å². The van der Waals surface area contributed by atoms with Crippen molar-refractivity contribution in [2.75, 3.05) is 30.9 Å². The van der Waals surface area contributed by atoms with Crippen LogP contribution in [0.5, 0.6) is 5.75 Å². The van der Waals surface area contributed by atoms with Crippen LogP contribution in [0.25, 0.3) is 6.08 Å². The summed E-state index contributed by atoms with van der Waals surface area (Å²) in [5.74, 6) is 1.87. The van der Waals surface area contributed by atoms with Crippen LogP contribution in [0.3, 0.4) is 0 Å². The highest BCUT2D eigenvalue weighted by atomic mass is 32.2. The molecule has 4 rings (SSSR count). The summed E-state index contributed by atoms with van der Waals surface area (Å²) in [6, 6.07) is 15.5. The number of methoxy groups -OCH3 is 1. The van der Waals surface area contributed by atoms with Crippen molar-refractivity contribution in [2.45, 2.75) is 39.5 Å². The van der Waals surface area contributed by atoms with E-state index in [0.717, 1.165) is 31.5 Å². The number of carbonyl (C=O) groups is 2. The Bertz CT molecular complexity index is 1130. The molecule has 0 aliphatic carbocycles. The average molecular weight is 492 g/mol. The standard InChI is InChI=1S/C28H33N3O3S/c1-19(2)22-10-8-21(9-11-22)16-25-27(33)31(23-6-5-7-24(17-23)34-4)28(29-25)35-18-26(32)30-14-12-20(3)13-15-30/h5-11,16-17,19-20H,12-15,18H2,1-4H3/b25-16+. The average Bonchev–Trinajstić information content (AvgIpc) is 3.18. The Morgan fingerprint density at radius 1 is 1.17 bits per heavy atom. The summed E-state index contributed by atoms with van der Waals surface area (Å²) < 4.78 is 5.36. The van der Waals surface area contributed by atoms with Gasteiger partial charge in [0.1, 0.15) is 11.4 Å². The van der Waals surface area contributed by atoms with Crippen molar-refractivity contribution in [3.05, 3.63) is 65.4 Å². The monoisotopic (exact) mass is 491 g/mol.